The summed E-state index contributed by atoms with van der Waals surface area (Å²) < 4.78 is 17.7. The minimum Gasteiger partial charge on any atom is -0.490 e. The highest BCUT2D eigenvalue weighted by Crippen LogP contribution is 2.34. The van der Waals surface area contributed by atoms with Gasteiger partial charge in [-0.05, 0) is 56.9 Å². The average molecular weight is 353 g/mol. The number of ether oxygens (including phenoxy) is 3. The fourth-order valence-electron chi connectivity index (χ4n) is 3.47. The Labute approximate surface area is 153 Å². The number of hydrogen-bond acceptors (Lipinski definition) is 4. The van der Waals surface area contributed by atoms with Gasteiger partial charge >= 0.3 is 0 Å². The zero-order valence-corrected chi connectivity index (χ0v) is 14.8. The molecule has 1 saturated carbocycles. The van der Waals surface area contributed by atoms with E-state index in [4.69, 9.17) is 14.2 Å². The summed E-state index contributed by atoms with van der Waals surface area (Å²) in [7, 11) is 0. The van der Waals surface area contributed by atoms with Gasteiger partial charge in [0.15, 0.2) is 11.5 Å². The van der Waals surface area contributed by atoms with Gasteiger partial charge in [0.05, 0.1) is 6.10 Å². The Hall–Kier alpha value is -2.69. The highest BCUT2D eigenvalue weighted by Gasteiger charge is 2.34. The summed E-state index contributed by atoms with van der Waals surface area (Å²) >= 11 is 0. The minimum atomic E-state index is -0.704. The Morgan fingerprint density at radius 2 is 1.77 bits per heavy atom. The van der Waals surface area contributed by atoms with Crippen LogP contribution < -0.4 is 19.5 Å². The zero-order valence-electron chi connectivity index (χ0n) is 14.8. The van der Waals surface area contributed by atoms with Gasteiger partial charge in [-0.2, -0.15) is 0 Å². The van der Waals surface area contributed by atoms with Crippen molar-refractivity contribution in [2.45, 2.75) is 50.9 Å². The highest BCUT2D eigenvalue weighted by atomic mass is 16.6. The fourth-order valence-corrected chi connectivity index (χ4v) is 3.47. The van der Waals surface area contributed by atoms with E-state index in [1.54, 1.807) is 6.07 Å². The van der Waals surface area contributed by atoms with E-state index in [9.17, 15) is 4.79 Å². The van der Waals surface area contributed by atoms with Crippen LogP contribution in [-0.4, -0.2) is 24.2 Å². The Morgan fingerprint density at radius 3 is 2.54 bits per heavy atom. The van der Waals surface area contributed by atoms with Crippen LogP contribution in [0.25, 0.3) is 0 Å². The van der Waals surface area contributed by atoms with Gasteiger partial charge in [0.2, 0.25) is 6.10 Å². The molecular weight excluding hydrogens is 330 g/mol. The Morgan fingerprint density at radius 1 is 1.04 bits per heavy atom. The van der Waals surface area contributed by atoms with Crippen molar-refractivity contribution in [3.05, 3.63) is 48.5 Å². The third kappa shape index (κ3) is 3.62. The van der Waals surface area contributed by atoms with Crippen LogP contribution in [0.3, 0.4) is 0 Å². The molecule has 2 atom stereocenters. The summed E-state index contributed by atoms with van der Waals surface area (Å²) in [5.74, 6) is 1.80. The lowest BCUT2D eigenvalue weighted by atomic mass is 10.1. The van der Waals surface area contributed by atoms with Crippen LogP contribution in [0.5, 0.6) is 17.2 Å². The number of nitrogens with one attached hydrogen (secondary N) is 1. The molecule has 136 valence electrons. The topological polar surface area (TPSA) is 56.8 Å². The van der Waals surface area contributed by atoms with E-state index in [0.29, 0.717) is 17.2 Å². The van der Waals surface area contributed by atoms with Gasteiger partial charge in [-0.1, -0.05) is 18.2 Å². The molecule has 4 rings (SSSR count). The molecule has 1 N–H and O–H groups in total. The van der Waals surface area contributed by atoms with Gasteiger partial charge in [0.1, 0.15) is 11.9 Å². The maximum Gasteiger partial charge on any atom is 0.269 e. The van der Waals surface area contributed by atoms with Gasteiger partial charge in [-0.15, -0.1) is 0 Å². The van der Waals surface area contributed by atoms with Crippen LogP contribution in [0.15, 0.2) is 48.5 Å². The van der Waals surface area contributed by atoms with Crippen molar-refractivity contribution in [3.63, 3.8) is 0 Å². The Balaban J connectivity index is 1.43. The van der Waals surface area contributed by atoms with Crippen molar-refractivity contribution in [1.29, 1.82) is 0 Å². The number of rotatable bonds is 4. The number of carbonyl (C=O) groups excluding carboxylic acids is 1. The molecular formula is C21H23NO4. The molecule has 2 aromatic carbocycles. The highest BCUT2D eigenvalue weighted by molar-refractivity contribution is 5.95. The van der Waals surface area contributed by atoms with Crippen molar-refractivity contribution in [2.75, 3.05) is 5.32 Å². The molecule has 0 spiro atoms. The van der Waals surface area contributed by atoms with E-state index in [1.165, 1.54) is 12.8 Å². The maximum absolute atomic E-state index is 12.7. The predicted octanol–water partition coefficient (Wildman–Crippen LogP) is 4.18. The van der Waals surface area contributed by atoms with Crippen LogP contribution >= 0.6 is 0 Å². The molecule has 1 amide bonds. The van der Waals surface area contributed by atoms with E-state index < -0.39 is 6.10 Å². The quantitative estimate of drug-likeness (QED) is 0.896. The van der Waals surface area contributed by atoms with E-state index in [2.05, 4.69) is 5.32 Å². The molecule has 2 aromatic rings. The zero-order chi connectivity index (χ0) is 17.9. The number of amides is 1. The molecule has 2 aliphatic rings. The Bertz CT molecular complexity index is 785. The summed E-state index contributed by atoms with van der Waals surface area (Å²) in [4.78, 5) is 12.7. The smallest absolute Gasteiger partial charge is 0.269 e. The van der Waals surface area contributed by atoms with Crippen molar-refractivity contribution in [1.82, 2.24) is 0 Å². The standard InChI is InChI=1S/C21H23NO4/c1-14-20(26-19-12-5-4-11-18(19)24-14)21(23)22-15-7-6-10-17(13-15)25-16-8-2-3-9-16/h4-7,10-14,16,20H,2-3,8-9H2,1H3,(H,22,23). The van der Waals surface area contributed by atoms with Crippen LogP contribution in [-0.2, 0) is 4.79 Å². The number of para-hydroxylation sites is 2. The maximum atomic E-state index is 12.7. The first-order valence-corrected chi connectivity index (χ1v) is 9.19. The largest absolute Gasteiger partial charge is 0.490 e. The molecule has 1 aliphatic carbocycles. The molecule has 26 heavy (non-hydrogen) atoms. The number of carbonyl (C=O) groups is 1. The SMILES string of the molecule is CC1Oc2ccccc2OC1C(=O)Nc1cccc(OC2CCCC2)c1. The summed E-state index contributed by atoms with van der Waals surface area (Å²) in [6.07, 6.45) is 3.85. The normalized spacial score (nSPS) is 22.0. The van der Waals surface area contributed by atoms with E-state index in [1.807, 2.05) is 49.4 Å². The number of fused-ring (bicyclic) bond motifs is 1. The number of anilines is 1. The molecule has 5 heteroatoms. The van der Waals surface area contributed by atoms with E-state index in [-0.39, 0.29) is 18.1 Å². The monoisotopic (exact) mass is 353 g/mol. The minimum absolute atomic E-state index is 0.231. The Kier molecular flexibility index (Phi) is 4.69. The third-order valence-corrected chi connectivity index (χ3v) is 4.81. The molecule has 1 fully saturated rings. The lowest BCUT2D eigenvalue weighted by Crippen LogP contribution is -2.46. The second-order valence-corrected chi connectivity index (χ2v) is 6.85. The van der Waals surface area contributed by atoms with E-state index in [0.717, 1.165) is 18.6 Å². The van der Waals surface area contributed by atoms with Crippen LogP contribution in [0.4, 0.5) is 5.69 Å². The molecule has 0 saturated heterocycles. The molecule has 0 bridgehead atoms. The van der Waals surface area contributed by atoms with Crippen molar-refractivity contribution < 1.29 is 19.0 Å². The third-order valence-electron chi connectivity index (χ3n) is 4.81. The van der Waals surface area contributed by atoms with Gasteiger partial charge in [0, 0.05) is 11.8 Å². The summed E-state index contributed by atoms with van der Waals surface area (Å²) in [5, 5.41) is 2.91. The lowest BCUT2D eigenvalue weighted by molar-refractivity contribution is -0.128. The van der Waals surface area contributed by atoms with Crippen molar-refractivity contribution >= 4 is 11.6 Å². The lowest BCUT2D eigenvalue weighted by Gasteiger charge is -2.31. The molecule has 2 unspecified atom stereocenters. The van der Waals surface area contributed by atoms with Crippen molar-refractivity contribution in [3.8, 4) is 17.2 Å². The van der Waals surface area contributed by atoms with Crippen LogP contribution in [0.2, 0.25) is 0 Å². The molecule has 0 aromatic heterocycles. The summed E-state index contributed by atoms with van der Waals surface area (Å²) in [6.45, 7) is 1.83. The van der Waals surface area contributed by atoms with Crippen LogP contribution in [0.1, 0.15) is 32.6 Å². The fraction of sp³-hybridized carbons (Fsp3) is 0.381. The molecule has 1 heterocycles. The first-order valence-electron chi connectivity index (χ1n) is 9.19. The van der Waals surface area contributed by atoms with Gasteiger partial charge in [0.25, 0.3) is 5.91 Å². The average Bonchev–Trinajstić information content (AvgIpc) is 3.14. The number of hydrogen-bond donors (Lipinski definition) is 1. The molecule has 0 radical (unpaired) electrons. The first-order chi connectivity index (χ1) is 12.7. The van der Waals surface area contributed by atoms with Gasteiger partial charge < -0.3 is 19.5 Å². The van der Waals surface area contributed by atoms with Crippen molar-refractivity contribution in [2.24, 2.45) is 0 Å². The molecule has 1 aliphatic heterocycles. The second-order valence-electron chi connectivity index (χ2n) is 6.85. The van der Waals surface area contributed by atoms with E-state index >= 15 is 0 Å². The number of benzene rings is 2. The molecule has 5 nitrogen and oxygen atoms in total. The van der Waals surface area contributed by atoms with Gasteiger partial charge in [-0.25, -0.2) is 0 Å². The second kappa shape index (κ2) is 7.28. The summed E-state index contributed by atoms with van der Waals surface area (Å²) in [5.41, 5.74) is 0.695. The van der Waals surface area contributed by atoms with Gasteiger partial charge in [-0.3, -0.25) is 4.79 Å². The summed E-state index contributed by atoms with van der Waals surface area (Å²) in [6, 6.07) is 14.9. The first kappa shape index (κ1) is 16.8. The van der Waals surface area contributed by atoms with Crippen LogP contribution in [0, 0.1) is 0 Å². The predicted molar refractivity (Wildman–Crippen MR) is 98.9 cm³/mol.